The third-order valence-corrected chi connectivity index (χ3v) is 8.97. The average molecular weight is 623 g/mol. The maximum Gasteiger partial charge on any atom is 0.330 e. The van der Waals surface area contributed by atoms with E-state index >= 15 is 0 Å². The van der Waals surface area contributed by atoms with Crippen molar-refractivity contribution in [3.05, 3.63) is 96.2 Å². The number of ether oxygens (including phenoxy) is 1. The van der Waals surface area contributed by atoms with Gasteiger partial charge in [0.25, 0.3) is 11.5 Å². The number of fused-ring (bicyclic) bond motifs is 1. The van der Waals surface area contributed by atoms with Gasteiger partial charge in [0, 0.05) is 61.7 Å². The lowest BCUT2D eigenvalue weighted by Gasteiger charge is -2.40. The molecule has 1 saturated heterocycles. The second kappa shape index (κ2) is 11.3. The quantitative estimate of drug-likeness (QED) is 0.333. The van der Waals surface area contributed by atoms with Crippen molar-refractivity contribution < 1.29 is 14.6 Å². The molecule has 0 bridgehead atoms. The van der Waals surface area contributed by atoms with Gasteiger partial charge in [-0.2, -0.15) is 0 Å². The van der Waals surface area contributed by atoms with Crippen molar-refractivity contribution in [1.82, 2.24) is 19.0 Å². The first-order valence-corrected chi connectivity index (χ1v) is 14.5. The molecule has 43 heavy (non-hydrogen) atoms. The van der Waals surface area contributed by atoms with Crippen molar-refractivity contribution in [1.29, 1.82) is 0 Å². The van der Waals surface area contributed by atoms with Gasteiger partial charge >= 0.3 is 5.69 Å². The lowest BCUT2D eigenvalue weighted by atomic mass is 9.98. The Hall–Kier alpha value is -3.96. The number of aliphatic hydroxyl groups is 1. The number of hydrogen-bond donors (Lipinski definition) is 2. The molecule has 1 aliphatic carbocycles. The number of hydrogen-bond acceptors (Lipinski definition) is 7. The van der Waals surface area contributed by atoms with Gasteiger partial charge in [0.1, 0.15) is 5.56 Å². The van der Waals surface area contributed by atoms with Gasteiger partial charge in [-0.15, -0.1) is 0 Å². The van der Waals surface area contributed by atoms with Gasteiger partial charge in [-0.1, -0.05) is 53.5 Å². The number of anilines is 1. The summed E-state index contributed by atoms with van der Waals surface area (Å²) in [5.74, 6) is -0.152. The van der Waals surface area contributed by atoms with E-state index in [1.807, 2.05) is 24.3 Å². The van der Waals surface area contributed by atoms with Crippen molar-refractivity contribution in [2.75, 3.05) is 25.5 Å². The van der Waals surface area contributed by atoms with E-state index in [2.05, 4.69) is 10.2 Å². The molecule has 0 saturated carbocycles. The molecule has 1 amide bonds. The van der Waals surface area contributed by atoms with Crippen LogP contribution in [-0.2, 0) is 20.5 Å². The van der Waals surface area contributed by atoms with E-state index in [0.29, 0.717) is 46.4 Å². The second-order valence-corrected chi connectivity index (χ2v) is 11.6. The molecule has 0 radical (unpaired) electrons. The minimum atomic E-state index is -0.713. The molecule has 0 spiro atoms. The van der Waals surface area contributed by atoms with Crippen LogP contribution in [0.5, 0.6) is 5.88 Å². The summed E-state index contributed by atoms with van der Waals surface area (Å²) in [7, 11) is 4.38. The molecule has 2 aromatic carbocycles. The van der Waals surface area contributed by atoms with Gasteiger partial charge in [0.15, 0.2) is 0 Å². The van der Waals surface area contributed by atoms with E-state index < -0.39 is 17.2 Å². The number of halogens is 2. The minimum absolute atomic E-state index is 0.161. The van der Waals surface area contributed by atoms with Gasteiger partial charge in [-0.25, -0.2) is 9.78 Å². The van der Waals surface area contributed by atoms with Crippen molar-refractivity contribution in [3.8, 4) is 28.3 Å². The molecule has 6 rings (SSSR count). The Labute approximate surface area is 257 Å². The molecule has 4 aromatic rings. The van der Waals surface area contributed by atoms with Crippen LogP contribution in [0, 0.1) is 0 Å². The summed E-state index contributed by atoms with van der Waals surface area (Å²) in [4.78, 5) is 44.8. The van der Waals surface area contributed by atoms with Crippen LogP contribution >= 0.6 is 23.2 Å². The number of nitrogens with zero attached hydrogens (tertiary/aromatic N) is 4. The molecular formula is C31H29Cl2N5O5. The van der Waals surface area contributed by atoms with E-state index in [0.717, 1.165) is 33.1 Å². The predicted molar refractivity (Wildman–Crippen MR) is 165 cm³/mol. The highest BCUT2D eigenvalue weighted by molar-refractivity contribution is 6.39. The molecule has 12 heteroatoms. The number of aryl methyl sites for hydroxylation is 2. The average Bonchev–Trinajstić information content (AvgIpc) is 3.40. The number of likely N-dealkylation sites (tertiary alicyclic amines) is 1. The zero-order chi connectivity index (χ0) is 30.6. The van der Waals surface area contributed by atoms with Crippen molar-refractivity contribution in [3.63, 3.8) is 0 Å². The summed E-state index contributed by atoms with van der Waals surface area (Å²) in [6, 6.07) is 12.9. The van der Waals surface area contributed by atoms with Gasteiger partial charge < -0.3 is 19.7 Å². The van der Waals surface area contributed by atoms with Gasteiger partial charge in [0.2, 0.25) is 5.88 Å². The highest BCUT2D eigenvalue weighted by Crippen LogP contribution is 2.46. The first-order chi connectivity index (χ1) is 20.6. The molecule has 222 valence electrons. The fourth-order valence-electron chi connectivity index (χ4n) is 5.91. The number of carbonyl (C=O) groups is 1. The van der Waals surface area contributed by atoms with Crippen LogP contribution in [-0.4, -0.2) is 56.3 Å². The Bertz CT molecular complexity index is 1900. The van der Waals surface area contributed by atoms with Crippen molar-refractivity contribution in [2.45, 2.75) is 25.0 Å². The maximum absolute atomic E-state index is 13.1. The summed E-state index contributed by atoms with van der Waals surface area (Å²) in [6.07, 6.45) is 2.70. The molecule has 2 aliphatic rings. The van der Waals surface area contributed by atoms with Gasteiger partial charge in [-0.3, -0.25) is 19.1 Å². The van der Waals surface area contributed by atoms with E-state index in [1.54, 1.807) is 25.3 Å². The summed E-state index contributed by atoms with van der Waals surface area (Å²) >= 11 is 13.8. The Morgan fingerprint density at radius 1 is 1.05 bits per heavy atom. The Morgan fingerprint density at radius 3 is 2.42 bits per heavy atom. The molecule has 2 N–H and O–H groups in total. The number of aliphatic hydroxyl groups excluding tert-OH is 1. The summed E-state index contributed by atoms with van der Waals surface area (Å²) < 4.78 is 7.78. The maximum atomic E-state index is 13.1. The standard InChI is InChI=1S/C31H29Cl2N5O5/c1-36-15-21(30(41)37(2)31(36)42)28(40)34-22-9-5-7-19(27(22)33)18-6-4-8-20(26(18)32)23-12-16-10-11-24(38-13-17(39)14-38)25(16)29(35-23)43-3/h4-9,12,15,17,24,39H,10-11,13-14H2,1-3H3,(H,34,40)/t24-/m0/s1. The Morgan fingerprint density at radius 2 is 1.72 bits per heavy atom. The van der Waals surface area contributed by atoms with Crippen LogP contribution in [0.1, 0.15) is 33.9 Å². The zero-order valence-electron chi connectivity index (χ0n) is 23.7. The molecule has 3 heterocycles. The number of methoxy groups -OCH3 is 1. The molecule has 1 atom stereocenters. The van der Waals surface area contributed by atoms with Crippen LogP contribution in [0.15, 0.2) is 58.3 Å². The first-order valence-electron chi connectivity index (χ1n) is 13.7. The predicted octanol–water partition coefficient (Wildman–Crippen LogP) is 4.04. The fraction of sp³-hybridized carbons (Fsp3) is 0.290. The van der Waals surface area contributed by atoms with Gasteiger partial charge in [0.05, 0.1) is 34.6 Å². The number of pyridine rings is 1. The topological polar surface area (TPSA) is 119 Å². The molecule has 10 nitrogen and oxygen atoms in total. The van der Waals surface area contributed by atoms with Crippen LogP contribution in [0.4, 0.5) is 5.69 Å². The van der Waals surface area contributed by atoms with Crippen LogP contribution in [0.2, 0.25) is 10.0 Å². The summed E-state index contributed by atoms with van der Waals surface area (Å²) in [6.45, 7) is 1.29. The lowest BCUT2D eigenvalue weighted by molar-refractivity contribution is -0.0256. The summed E-state index contributed by atoms with van der Waals surface area (Å²) in [5, 5.41) is 13.2. The van der Waals surface area contributed by atoms with Crippen LogP contribution < -0.4 is 21.3 Å². The van der Waals surface area contributed by atoms with E-state index in [1.165, 1.54) is 20.3 Å². The van der Waals surface area contributed by atoms with E-state index in [4.69, 9.17) is 32.9 Å². The van der Waals surface area contributed by atoms with Crippen LogP contribution in [0.3, 0.4) is 0 Å². The second-order valence-electron chi connectivity index (χ2n) is 10.8. The number of aromatic nitrogens is 3. The summed E-state index contributed by atoms with van der Waals surface area (Å²) in [5.41, 5.74) is 3.59. The highest BCUT2D eigenvalue weighted by Gasteiger charge is 2.38. The number of nitrogens with one attached hydrogen (secondary N) is 1. The minimum Gasteiger partial charge on any atom is -0.481 e. The normalized spacial score (nSPS) is 16.6. The van der Waals surface area contributed by atoms with Crippen molar-refractivity contribution >= 4 is 34.8 Å². The number of amides is 1. The van der Waals surface area contributed by atoms with Crippen molar-refractivity contribution in [2.24, 2.45) is 14.1 Å². The molecule has 1 fully saturated rings. The molecule has 2 aromatic heterocycles. The van der Waals surface area contributed by atoms with Crippen LogP contribution in [0.25, 0.3) is 22.4 Å². The SMILES string of the molecule is COc1nc(-c2cccc(-c3cccc(NC(=O)c4cn(C)c(=O)n(C)c4=O)c3Cl)c2Cl)cc2c1[C@@H](N1CC(O)C1)CC2. The fourth-order valence-corrected chi connectivity index (χ4v) is 6.51. The first kappa shape index (κ1) is 29.1. The molecule has 1 aliphatic heterocycles. The zero-order valence-corrected chi connectivity index (χ0v) is 25.2. The smallest absolute Gasteiger partial charge is 0.330 e. The lowest BCUT2D eigenvalue weighted by Crippen LogP contribution is -2.51. The molecular weight excluding hydrogens is 593 g/mol. The highest BCUT2D eigenvalue weighted by atomic mass is 35.5. The Kier molecular flexibility index (Phi) is 7.64. The third kappa shape index (κ3) is 5.04. The number of β-amino-alcohol motifs (C(OH)–C–C–N with tert-alkyl or cyclic N) is 1. The van der Waals surface area contributed by atoms with Gasteiger partial charge in [-0.05, 0) is 30.5 Å². The Balaban J connectivity index is 1.34. The monoisotopic (exact) mass is 621 g/mol. The third-order valence-electron chi connectivity index (χ3n) is 8.16. The number of rotatable bonds is 6. The number of carbonyl (C=O) groups excluding carboxylic acids is 1. The largest absolute Gasteiger partial charge is 0.481 e. The number of benzene rings is 2. The molecule has 0 unspecified atom stereocenters. The van der Waals surface area contributed by atoms with E-state index in [-0.39, 0.29) is 28.4 Å². The van der Waals surface area contributed by atoms with E-state index in [9.17, 15) is 19.5 Å².